The Kier molecular flexibility index (Phi) is 11.6. The molecule has 9 heteroatoms. The van der Waals surface area contributed by atoms with E-state index in [1.165, 1.54) is 11.8 Å². The van der Waals surface area contributed by atoms with E-state index < -0.39 is 29.6 Å². The minimum absolute atomic E-state index is 0.132. The van der Waals surface area contributed by atoms with E-state index in [2.05, 4.69) is 23.8 Å². The Morgan fingerprint density at radius 2 is 1.81 bits per heavy atom. The molecule has 1 aromatic carbocycles. The second kappa shape index (κ2) is 15.3. The number of allylic oxidation sites excluding steroid dienone is 1. The molecule has 5 atom stereocenters. The molecule has 3 aliphatic rings. The molecular weight excluding hydrogens is 546 g/mol. The summed E-state index contributed by atoms with van der Waals surface area (Å²) in [6.45, 7) is 9.58. The lowest BCUT2D eigenvalue weighted by atomic mass is 10.0. The van der Waals surface area contributed by atoms with E-state index in [9.17, 15) is 19.2 Å². The predicted octanol–water partition coefficient (Wildman–Crippen LogP) is 5.00. The molecule has 1 aromatic rings. The molecule has 0 radical (unpaired) electrons. The molecular formula is C34H47N3O6. The molecule has 9 nitrogen and oxygen atoms in total. The first-order valence-electron chi connectivity index (χ1n) is 15.8. The topological polar surface area (TPSA) is 114 Å². The van der Waals surface area contributed by atoms with Crippen LogP contribution in [0.2, 0.25) is 0 Å². The summed E-state index contributed by atoms with van der Waals surface area (Å²) in [5, 5.41) is 5.78. The van der Waals surface area contributed by atoms with Crippen LogP contribution in [0, 0.1) is 5.92 Å². The number of hydrogen-bond donors (Lipinski definition) is 2. The summed E-state index contributed by atoms with van der Waals surface area (Å²) in [5.74, 6) is -1.00. The molecule has 2 aliphatic carbocycles. The molecule has 2 saturated carbocycles. The van der Waals surface area contributed by atoms with Crippen LogP contribution >= 0.6 is 0 Å². The van der Waals surface area contributed by atoms with Gasteiger partial charge in [0.2, 0.25) is 11.8 Å². The number of ether oxygens (including phenoxy) is 2. The van der Waals surface area contributed by atoms with Crippen LogP contribution in [0.5, 0.6) is 0 Å². The normalized spacial score (nSPS) is 25.5. The van der Waals surface area contributed by atoms with Gasteiger partial charge in [0.1, 0.15) is 23.7 Å². The van der Waals surface area contributed by atoms with Crippen molar-refractivity contribution in [1.29, 1.82) is 0 Å². The maximum absolute atomic E-state index is 14.1. The second-order valence-electron chi connectivity index (χ2n) is 12.2. The van der Waals surface area contributed by atoms with Gasteiger partial charge >= 0.3 is 6.09 Å². The zero-order valence-electron chi connectivity index (χ0n) is 25.4. The average molecular weight is 594 g/mol. The highest BCUT2D eigenvalue weighted by molar-refractivity contribution is 5.98. The molecule has 2 N–H and O–H groups in total. The lowest BCUT2D eigenvalue weighted by Gasteiger charge is -2.30. The van der Waals surface area contributed by atoms with Crippen molar-refractivity contribution in [2.75, 3.05) is 6.54 Å². The van der Waals surface area contributed by atoms with Crippen LogP contribution in [0.25, 0.3) is 0 Å². The fraction of sp³-hybridized carbons (Fsp3) is 0.588. The number of alkyl carbamates (subject to hydrolysis) is 1. The van der Waals surface area contributed by atoms with Crippen LogP contribution in [0.4, 0.5) is 4.79 Å². The number of carbonyl (C=O) groups is 4. The Hall–Kier alpha value is -3.46. The largest absolute Gasteiger partial charge is 0.446 e. The van der Waals surface area contributed by atoms with Gasteiger partial charge in [-0.25, -0.2) is 4.79 Å². The number of Topliss-reactive ketones (excluding diaryl/α,β-unsaturated/α-hetero) is 1. The SMILES string of the molecule is C=CCCCCCC(NC(=O)OC1CCCC1)C(=O)N1C[C@H](OCc2ccccc2)CC1C(=O)N[C@]1(C(C)=O)CC1C=C. The van der Waals surface area contributed by atoms with E-state index in [4.69, 9.17) is 9.47 Å². The Labute approximate surface area is 255 Å². The Balaban J connectivity index is 1.49. The smallest absolute Gasteiger partial charge is 0.408 e. The molecule has 4 rings (SSSR count). The summed E-state index contributed by atoms with van der Waals surface area (Å²) in [6, 6.07) is 8.04. The molecule has 3 fully saturated rings. The summed E-state index contributed by atoms with van der Waals surface area (Å²) in [4.78, 5) is 54.8. The average Bonchev–Trinajstić information content (AvgIpc) is 3.29. The summed E-state index contributed by atoms with van der Waals surface area (Å²) >= 11 is 0. The van der Waals surface area contributed by atoms with Crippen molar-refractivity contribution in [3.63, 3.8) is 0 Å². The molecule has 1 aliphatic heterocycles. The van der Waals surface area contributed by atoms with E-state index >= 15 is 0 Å². The number of benzene rings is 1. The number of rotatable bonds is 16. The maximum atomic E-state index is 14.1. The highest BCUT2D eigenvalue weighted by Gasteiger charge is 2.58. The minimum atomic E-state index is -0.982. The molecule has 0 aromatic heterocycles. The Morgan fingerprint density at radius 1 is 1.07 bits per heavy atom. The van der Waals surface area contributed by atoms with Crippen molar-refractivity contribution < 1.29 is 28.7 Å². The second-order valence-corrected chi connectivity index (χ2v) is 12.2. The van der Waals surface area contributed by atoms with Gasteiger partial charge in [0.15, 0.2) is 5.78 Å². The highest BCUT2D eigenvalue weighted by atomic mass is 16.6. The number of unbranched alkanes of at least 4 members (excludes halogenated alkanes) is 3. The number of likely N-dealkylation sites (tertiary alicyclic amines) is 1. The predicted molar refractivity (Wildman–Crippen MR) is 164 cm³/mol. The van der Waals surface area contributed by atoms with Crippen LogP contribution < -0.4 is 10.6 Å². The van der Waals surface area contributed by atoms with Gasteiger partial charge in [-0.05, 0) is 63.9 Å². The molecule has 43 heavy (non-hydrogen) atoms. The van der Waals surface area contributed by atoms with E-state index in [0.29, 0.717) is 19.4 Å². The lowest BCUT2D eigenvalue weighted by molar-refractivity contribution is -0.141. The van der Waals surface area contributed by atoms with E-state index in [-0.39, 0.29) is 42.8 Å². The van der Waals surface area contributed by atoms with Crippen molar-refractivity contribution >= 4 is 23.7 Å². The van der Waals surface area contributed by atoms with Crippen molar-refractivity contribution in [3.8, 4) is 0 Å². The molecule has 234 valence electrons. The monoisotopic (exact) mass is 593 g/mol. The van der Waals surface area contributed by atoms with Crippen molar-refractivity contribution in [2.45, 2.75) is 114 Å². The highest BCUT2D eigenvalue weighted by Crippen LogP contribution is 2.45. The van der Waals surface area contributed by atoms with E-state index in [1.807, 2.05) is 36.4 Å². The fourth-order valence-electron chi connectivity index (χ4n) is 6.32. The van der Waals surface area contributed by atoms with Crippen LogP contribution in [0.15, 0.2) is 55.6 Å². The summed E-state index contributed by atoms with van der Waals surface area (Å²) in [7, 11) is 0. The van der Waals surface area contributed by atoms with Gasteiger partial charge in [0.05, 0.1) is 12.7 Å². The molecule has 0 bridgehead atoms. The van der Waals surface area contributed by atoms with E-state index in [0.717, 1.165) is 56.9 Å². The molecule has 1 saturated heterocycles. The van der Waals surface area contributed by atoms with Crippen LogP contribution in [-0.4, -0.2) is 65.0 Å². The van der Waals surface area contributed by atoms with Crippen molar-refractivity contribution in [2.24, 2.45) is 5.92 Å². The van der Waals surface area contributed by atoms with Crippen LogP contribution in [0.3, 0.4) is 0 Å². The first-order valence-corrected chi connectivity index (χ1v) is 15.8. The molecule has 1 heterocycles. The van der Waals surface area contributed by atoms with Gasteiger partial charge in [-0.15, -0.1) is 13.2 Å². The van der Waals surface area contributed by atoms with Gasteiger partial charge in [-0.1, -0.05) is 55.3 Å². The van der Waals surface area contributed by atoms with Crippen molar-refractivity contribution in [3.05, 3.63) is 61.2 Å². The third kappa shape index (κ3) is 8.56. The van der Waals surface area contributed by atoms with Gasteiger partial charge < -0.3 is 25.0 Å². The van der Waals surface area contributed by atoms with E-state index in [1.54, 1.807) is 6.08 Å². The number of nitrogens with zero attached hydrogens (tertiary/aromatic N) is 1. The van der Waals surface area contributed by atoms with Crippen LogP contribution in [0.1, 0.15) is 83.1 Å². The minimum Gasteiger partial charge on any atom is -0.446 e. The van der Waals surface area contributed by atoms with Gasteiger partial charge in [0, 0.05) is 18.9 Å². The molecule has 3 amide bonds. The number of amides is 3. The number of nitrogens with one attached hydrogen (secondary N) is 2. The fourth-order valence-corrected chi connectivity index (χ4v) is 6.32. The van der Waals surface area contributed by atoms with Crippen molar-refractivity contribution in [1.82, 2.24) is 15.5 Å². The number of carbonyl (C=O) groups excluding carboxylic acids is 4. The molecule has 3 unspecified atom stereocenters. The standard InChI is InChI=1S/C34H47N3O6/c1-4-6-7-8-12-19-29(35-33(41)43-27-17-13-14-18-27)32(40)37-22-28(42-23-25-15-10-9-11-16-25)20-30(37)31(39)36-34(24(3)38)21-26(34)5-2/h4-5,9-11,15-16,26-30H,1-2,6-8,12-14,17-23H2,3H3,(H,35,41)(H,36,39)/t26?,28-,29?,30?,34+/m1/s1. The summed E-state index contributed by atoms with van der Waals surface area (Å²) < 4.78 is 11.8. The number of ketones is 1. The Bertz CT molecular complexity index is 1150. The third-order valence-electron chi connectivity index (χ3n) is 9.02. The Morgan fingerprint density at radius 3 is 2.47 bits per heavy atom. The number of hydrogen-bond acceptors (Lipinski definition) is 6. The van der Waals surface area contributed by atoms with Gasteiger partial charge in [-0.2, -0.15) is 0 Å². The first kappa shape index (κ1) is 32.5. The van der Waals surface area contributed by atoms with Crippen LogP contribution in [-0.2, 0) is 30.5 Å². The summed E-state index contributed by atoms with van der Waals surface area (Å²) in [5.41, 5.74) is 0.00841. The zero-order chi connectivity index (χ0) is 30.8. The maximum Gasteiger partial charge on any atom is 0.408 e. The zero-order valence-corrected chi connectivity index (χ0v) is 25.4. The lowest BCUT2D eigenvalue weighted by Crippen LogP contribution is -2.56. The van der Waals surface area contributed by atoms with Gasteiger partial charge in [0.25, 0.3) is 0 Å². The quantitative estimate of drug-likeness (QED) is 0.206. The first-order chi connectivity index (χ1) is 20.8. The molecule has 0 spiro atoms. The van der Waals surface area contributed by atoms with Gasteiger partial charge in [-0.3, -0.25) is 14.4 Å². The third-order valence-corrected chi connectivity index (χ3v) is 9.02. The summed E-state index contributed by atoms with van der Waals surface area (Å²) in [6.07, 6.45) is 10.8.